The molecule has 4 atom stereocenters. The molecule has 4 aromatic carbocycles. The Morgan fingerprint density at radius 3 is 2.40 bits per heavy atom. The number of nitrogens with zero attached hydrogens (tertiary/aromatic N) is 3. The summed E-state index contributed by atoms with van der Waals surface area (Å²) >= 11 is 0. The molecule has 1 N–H and O–H groups in total. The first-order valence-corrected chi connectivity index (χ1v) is 20.8. The van der Waals surface area contributed by atoms with Gasteiger partial charge in [0.15, 0.2) is 12.2 Å². The van der Waals surface area contributed by atoms with Gasteiger partial charge in [0.05, 0.1) is 44.2 Å². The molecule has 7 rings (SSSR count). The highest BCUT2D eigenvalue weighted by Gasteiger charge is 2.67. The molecule has 3 amide bonds. The molecular formula is C41H44FN3O7Si. The second-order valence-corrected chi connectivity index (χ2v) is 18.2. The number of fused-ring (bicyclic) bond motifs is 3. The van der Waals surface area contributed by atoms with Crippen LogP contribution in [0, 0.1) is 5.92 Å². The van der Waals surface area contributed by atoms with E-state index in [2.05, 4.69) is 0 Å². The average Bonchev–Trinajstić information content (AvgIpc) is 3.57. The van der Waals surface area contributed by atoms with Crippen LogP contribution in [-0.4, -0.2) is 69.1 Å². The Morgan fingerprint density at radius 2 is 1.70 bits per heavy atom. The van der Waals surface area contributed by atoms with Gasteiger partial charge in [0.2, 0.25) is 14.3 Å². The van der Waals surface area contributed by atoms with Crippen LogP contribution in [0.5, 0.6) is 11.5 Å². The third kappa shape index (κ3) is 6.60. The number of para-hydroxylation sites is 2. The molecule has 3 aliphatic heterocycles. The fourth-order valence-corrected chi connectivity index (χ4v) is 10.8. The quantitative estimate of drug-likeness (QED) is 0.139. The predicted molar refractivity (Wildman–Crippen MR) is 201 cm³/mol. The summed E-state index contributed by atoms with van der Waals surface area (Å²) in [5.74, 6) is -0.259. The number of carbonyl (C=O) groups excluding carboxylic acids is 3. The fraction of sp³-hybridized carbons (Fsp3) is 0.341. The maximum absolute atomic E-state index is 16.5. The molecule has 12 heteroatoms. The summed E-state index contributed by atoms with van der Waals surface area (Å²) in [5, 5.41) is 9.83. The standard InChI is InChI=1S/C41H44FN3O7Si/c1-27-39(53(3,4)42)36(23-37(47)43(20-21-46)24-28-10-6-5-7-11-28)52-41(27)32-22-31(50-2)18-19-33(32)44(40(41)49)25-29-14-16-30(17-15-29)45-34-12-8-9-13-35(34)51-26-38(45)48/h5-19,22,27,36,39,46H,20-21,23-26H2,1-4H3/t27-,36+,39-,41+/m1/s1. The van der Waals surface area contributed by atoms with Crippen molar-refractivity contribution in [2.75, 3.05) is 36.7 Å². The molecule has 1 spiro atoms. The van der Waals surface area contributed by atoms with Crippen LogP contribution in [0.3, 0.4) is 0 Å². The van der Waals surface area contributed by atoms with Gasteiger partial charge in [-0.3, -0.25) is 19.3 Å². The molecule has 276 valence electrons. The molecule has 1 fully saturated rings. The summed E-state index contributed by atoms with van der Waals surface area (Å²) in [4.78, 5) is 46.6. The number of aliphatic hydroxyl groups is 1. The summed E-state index contributed by atoms with van der Waals surface area (Å²) in [6, 6.07) is 29.7. The lowest BCUT2D eigenvalue weighted by Gasteiger charge is -2.31. The van der Waals surface area contributed by atoms with E-state index in [-0.39, 0.29) is 57.0 Å². The van der Waals surface area contributed by atoms with Crippen molar-refractivity contribution >= 4 is 43.2 Å². The van der Waals surface area contributed by atoms with Crippen LogP contribution >= 0.6 is 0 Å². The summed E-state index contributed by atoms with van der Waals surface area (Å²) in [6.07, 6.45) is -1.02. The Hall–Kier alpha value is -5.04. The van der Waals surface area contributed by atoms with E-state index in [4.69, 9.17) is 14.2 Å². The minimum absolute atomic E-state index is 0.0693. The summed E-state index contributed by atoms with van der Waals surface area (Å²) in [6.45, 7) is 5.35. The molecule has 3 aliphatic rings. The van der Waals surface area contributed by atoms with Gasteiger partial charge >= 0.3 is 0 Å². The smallest absolute Gasteiger partial charge is 0.269 e. The second-order valence-electron chi connectivity index (χ2n) is 14.4. The van der Waals surface area contributed by atoms with Crippen molar-refractivity contribution in [2.24, 2.45) is 5.92 Å². The van der Waals surface area contributed by atoms with Crippen LogP contribution in [-0.2, 0) is 37.8 Å². The largest absolute Gasteiger partial charge is 0.497 e. The Kier molecular flexibility index (Phi) is 9.88. The molecule has 0 bridgehead atoms. The van der Waals surface area contributed by atoms with Crippen molar-refractivity contribution in [3.63, 3.8) is 0 Å². The molecule has 0 saturated carbocycles. The summed E-state index contributed by atoms with van der Waals surface area (Å²) in [5.41, 5.74) is 2.01. The van der Waals surface area contributed by atoms with Crippen molar-refractivity contribution in [1.29, 1.82) is 0 Å². The highest BCUT2D eigenvalue weighted by atomic mass is 28.4. The van der Waals surface area contributed by atoms with E-state index in [1.165, 1.54) is 0 Å². The SMILES string of the molecule is COc1ccc2c(c1)[C@]1(O[C@@H](CC(=O)N(CCO)Cc3ccccc3)[C@H]([Si](C)(C)F)[C@H]1C)C(=O)N2Cc1ccc(N2C(=O)COc3ccccc32)cc1. The van der Waals surface area contributed by atoms with Crippen LogP contribution in [0.1, 0.15) is 30.0 Å². The Labute approximate surface area is 309 Å². The molecule has 0 aromatic heterocycles. The maximum Gasteiger partial charge on any atom is 0.269 e. The van der Waals surface area contributed by atoms with E-state index in [1.54, 1.807) is 47.0 Å². The lowest BCUT2D eigenvalue weighted by atomic mass is 9.82. The molecular weight excluding hydrogens is 694 g/mol. The number of methoxy groups -OCH3 is 1. The number of benzene rings is 4. The number of halogens is 1. The van der Waals surface area contributed by atoms with E-state index in [0.29, 0.717) is 34.1 Å². The third-order valence-electron chi connectivity index (χ3n) is 10.7. The van der Waals surface area contributed by atoms with Crippen LogP contribution in [0.4, 0.5) is 21.2 Å². The normalized spacial score (nSPS) is 22.1. The van der Waals surface area contributed by atoms with E-state index in [9.17, 15) is 19.5 Å². The van der Waals surface area contributed by atoms with E-state index >= 15 is 4.11 Å². The number of hydrogen-bond acceptors (Lipinski definition) is 7. The third-order valence-corrected chi connectivity index (χ3v) is 13.2. The summed E-state index contributed by atoms with van der Waals surface area (Å²) in [7, 11) is -2.00. The minimum Gasteiger partial charge on any atom is -0.497 e. The topological polar surface area (TPSA) is 109 Å². The van der Waals surface area contributed by atoms with Gasteiger partial charge in [-0.05, 0) is 66.7 Å². The van der Waals surface area contributed by atoms with Gasteiger partial charge < -0.3 is 33.2 Å². The average molecular weight is 738 g/mol. The van der Waals surface area contributed by atoms with Crippen LogP contribution in [0.15, 0.2) is 97.1 Å². The first-order chi connectivity index (χ1) is 25.5. The van der Waals surface area contributed by atoms with Crippen molar-refractivity contribution in [1.82, 2.24) is 4.90 Å². The number of rotatable bonds is 11. The van der Waals surface area contributed by atoms with Crippen molar-refractivity contribution in [2.45, 2.75) is 56.8 Å². The second kappa shape index (κ2) is 14.4. The Bertz CT molecular complexity index is 2010. The van der Waals surface area contributed by atoms with E-state index in [1.807, 2.05) is 91.9 Å². The molecule has 0 unspecified atom stereocenters. The van der Waals surface area contributed by atoms with Gasteiger partial charge in [-0.25, -0.2) is 0 Å². The minimum atomic E-state index is -3.55. The molecule has 0 radical (unpaired) electrons. The number of ether oxygens (including phenoxy) is 3. The zero-order valence-electron chi connectivity index (χ0n) is 30.3. The lowest BCUT2D eigenvalue weighted by Crippen LogP contribution is -2.45. The zero-order valence-corrected chi connectivity index (χ0v) is 31.3. The van der Waals surface area contributed by atoms with Gasteiger partial charge in [-0.1, -0.05) is 61.5 Å². The van der Waals surface area contributed by atoms with Crippen molar-refractivity contribution in [3.05, 3.63) is 114 Å². The van der Waals surface area contributed by atoms with Crippen molar-refractivity contribution < 1.29 is 37.8 Å². The van der Waals surface area contributed by atoms with Gasteiger partial charge in [-0.2, -0.15) is 0 Å². The monoisotopic (exact) mass is 737 g/mol. The van der Waals surface area contributed by atoms with Crippen molar-refractivity contribution in [3.8, 4) is 11.5 Å². The number of amides is 3. The highest BCUT2D eigenvalue weighted by molar-refractivity contribution is 6.72. The number of aliphatic hydroxyl groups excluding tert-OH is 1. The maximum atomic E-state index is 16.5. The number of hydrogen-bond donors (Lipinski definition) is 1. The molecule has 1 saturated heterocycles. The van der Waals surface area contributed by atoms with Crippen LogP contribution in [0.25, 0.3) is 0 Å². The van der Waals surface area contributed by atoms with E-state index in [0.717, 1.165) is 11.1 Å². The Morgan fingerprint density at radius 1 is 0.981 bits per heavy atom. The number of carbonyl (C=O) groups is 3. The molecule has 4 aromatic rings. The van der Waals surface area contributed by atoms with Gasteiger partial charge in [-0.15, -0.1) is 0 Å². The fourth-order valence-electron chi connectivity index (χ4n) is 8.35. The van der Waals surface area contributed by atoms with Gasteiger partial charge in [0, 0.05) is 35.8 Å². The van der Waals surface area contributed by atoms with Gasteiger partial charge in [0.1, 0.15) is 11.5 Å². The lowest BCUT2D eigenvalue weighted by molar-refractivity contribution is -0.150. The van der Waals surface area contributed by atoms with Crippen LogP contribution < -0.4 is 19.3 Å². The zero-order chi connectivity index (χ0) is 37.5. The molecule has 10 nitrogen and oxygen atoms in total. The molecule has 53 heavy (non-hydrogen) atoms. The molecule has 0 aliphatic carbocycles. The first-order valence-electron chi connectivity index (χ1n) is 17.9. The number of anilines is 3. The van der Waals surface area contributed by atoms with E-state index < -0.39 is 31.6 Å². The summed E-state index contributed by atoms with van der Waals surface area (Å²) < 4.78 is 34.5. The predicted octanol–water partition coefficient (Wildman–Crippen LogP) is 6.49. The Balaban J connectivity index is 1.20. The first kappa shape index (κ1) is 36.3. The molecule has 3 heterocycles. The van der Waals surface area contributed by atoms with Gasteiger partial charge in [0.25, 0.3) is 11.8 Å². The van der Waals surface area contributed by atoms with Crippen LogP contribution in [0.2, 0.25) is 18.6 Å². The highest BCUT2D eigenvalue weighted by Crippen LogP contribution is 2.60.